The van der Waals surface area contributed by atoms with Crippen LogP contribution >= 0.6 is 0 Å². The summed E-state index contributed by atoms with van der Waals surface area (Å²) in [7, 11) is 4.07. The minimum atomic E-state index is 0.515. The van der Waals surface area contributed by atoms with Crippen molar-refractivity contribution in [3.05, 3.63) is 35.4 Å². The maximum atomic E-state index is 5.49. The van der Waals surface area contributed by atoms with E-state index in [9.17, 15) is 0 Å². The number of nitrogens with zero attached hydrogens (tertiary/aromatic N) is 4. The molecule has 3 rings (SSSR count). The number of hydrogen-bond donors (Lipinski definition) is 2. The van der Waals surface area contributed by atoms with Crippen LogP contribution in [0.25, 0.3) is 0 Å². The second-order valence-corrected chi connectivity index (χ2v) is 9.11. The minimum Gasteiger partial charge on any atom is -0.379 e. The molecule has 174 valence electrons. The Labute approximate surface area is 188 Å². The molecule has 0 aromatic heterocycles. The van der Waals surface area contributed by atoms with Gasteiger partial charge in [-0.2, -0.15) is 0 Å². The highest BCUT2D eigenvalue weighted by molar-refractivity contribution is 5.79. The minimum absolute atomic E-state index is 0.515. The van der Waals surface area contributed by atoms with Crippen molar-refractivity contribution in [1.82, 2.24) is 25.3 Å². The second-order valence-electron chi connectivity index (χ2n) is 9.11. The van der Waals surface area contributed by atoms with Crippen LogP contribution in [0.3, 0.4) is 0 Å². The van der Waals surface area contributed by atoms with Gasteiger partial charge in [0.25, 0.3) is 0 Å². The lowest BCUT2D eigenvalue weighted by Gasteiger charge is -2.40. The first kappa shape index (κ1) is 24.0. The van der Waals surface area contributed by atoms with Gasteiger partial charge in [-0.05, 0) is 24.1 Å². The molecule has 0 bridgehead atoms. The highest BCUT2D eigenvalue weighted by Crippen LogP contribution is 2.14. The van der Waals surface area contributed by atoms with E-state index in [0.717, 1.165) is 78.1 Å². The Morgan fingerprint density at radius 1 is 1.00 bits per heavy atom. The Hall–Kier alpha value is -1.67. The Morgan fingerprint density at radius 2 is 1.68 bits per heavy atom. The molecular weight excluding hydrogens is 388 g/mol. The fourth-order valence-electron chi connectivity index (χ4n) is 4.43. The van der Waals surface area contributed by atoms with Gasteiger partial charge in [-0.3, -0.25) is 14.8 Å². The summed E-state index contributed by atoms with van der Waals surface area (Å²) in [4.78, 5) is 12.0. The van der Waals surface area contributed by atoms with Gasteiger partial charge in [-0.25, -0.2) is 0 Å². The van der Waals surface area contributed by atoms with Crippen molar-refractivity contribution >= 4 is 5.96 Å². The van der Waals surface area contributed by atoms with Crippen molar-refractivity contribution in [2.24, 2.45) is 10.9 Å². The Morgan fingerprint density at radius 3 is 2.32 bits per heavy atom. The van der Waals surface area contributed by atoms with Gasteiger partial charge in [0.2, 0.25) is 0 Å². The van der Waals surface area contributed by atoms with Gasteiger partial charge in [0, 0.05) is 72.0 Å². The Balaban J connectivity index is 1.52. The predicted molar refractivity (Wildman–Crippen MR) is 128 cm³/mol. The first-order chi connectivity index (χ1) is 15.1. The van der Waals surface area contributed by atoms with Crippen molar-refractivity contribution in [3.63, 3.8) is 0 Å². The molecule has 0 saturated carbocycles. The normalized spacial score (nSPS) is 20.7. The molecule has 2 saturated heterocycles. The number of hydrogen-bond acceptors (Lipinski definition) is 5. The molecule has 31 heavy (non-hydrogen) atoms. The van der Waals surface area contributed by atoms with Crippen LogP contribution in [0.2, 0.25) is 0 Å². The summed E-state index contributed by atoms with van der Waals surface area (Å²) < 4.78 is 5.49. The topological polar surface area (TPSA) is 55.4 Å². The molecule has 2 heterocycles. The molecule has 7 heteroatoms. The van der Waals surface area contributed by atoms with E-state index < -0.39 is 0 Å². The number of likely N-dealkylation sites (N-methyl/N-ethyl adjacent to an activating group) is 1. The summed E-state index contributed by atoms with van der Waals surface area (Å²) in [6.07, 6.45) is 0. The van der Waals surface area contributed by atoms with Crippen molar-refractivity contribution in [2.45, 2.75) is 33.0 Å². The molecule has 1 aromatic carbocycles. The van der Waals surface area contributed by atoms with Crippen LogP contribution in [-0.2, 0) is 17.8 Å². The van der Waals surface area contributed by atoms with Crippen LogP contribution in [0.15, 0.2) is 29.3 Å². The molecule has 1 aromatic rings. The van der Waals surface area contributed by atoms with Gasteiger partial charge in [-0.1, -0.05) is 38.1 Å². The molecule has 2 N–H and O–H groups in total. The van der Waals surface area contributed by atoms with Crippen LogP contribution in [0.1, 0.15) is 25.0 Å². The van der Waals surface area contributed by atoms with Gasteiger partial charge in [0.1, 0.15) is 0 Å². The summed E-state index contributed by atoms with van der Waals surface area (Å²) in [5.41, 5.74) is 2.71. The van der Waals surface area contributed by atoms with E-state index >= 15 is 0 Å². The average molecular weight is 431 g/mol. The quantitative estimate of drug-likeness (QED) is 0.481. The number of nitrogens with one attached hydrogen (secondary N) is 2. The molecule has 0 radical (unpaired) electrons. The maximum absolute atomic E-state index is 5.49. The Bertz CT molecular complexity index is 680. The van der Waals surface area contributed by atoms with E-state index in [1.807, 2.05) is 7.05 Å². The highest BCUT2D eigenvalue weighted by atomic mass is 16.5. The Kier molecular flexibility index (Phi) is 9.58. The SMILES string of the molecule is CN=C(NCc1ccccc1CN1CCOCC1)NCC(C(C)C)N1CCN(C)CC1. The largest absolute Gasteiger partial charge is 0.379 e. The molecular formula is C24H42N6O. The van der Waals surface area contributed by atoms with Crippen LogP contribution in [0.4, 0.5) is 0 Å². The van der Waals surface area contributed by atoms with Crippen LogP contribution < -0.4 is 10.6 Å². The molecule has 0 amide bonds. The predicted octanol–water partition coefficient (Wildman–Crippen LogP) is 1.46. The van der Waals surface area contributed by atoms with Gasteiger partial charge in [-0.15, -0.1) is 0 Å². The lowest BCUT2D eigenvalue weighted by molar-refractivity contribution is 0.0341. The number of ether oxygens (including phenoxy) is 1. The van der Waals surface area contributed by atoms with Gasteiger partial charge >= 0.3 is 0 Å². The fourth-order valence-corrected chi connectivity index (χ4v) is 4.43. The number of aliphatic imine (C=N–C) groups is 1. The molecule has 2 aliphatic rings. The zero-order valence-corrected chi connectivity index (χ0v) is 19.9. The third-order valence-corrected chi connectivity index (χ3v) is 6.54. The van der Waals surface area contributed by atoms with Gasteiger partial charge in [0.05, 0.1) is 13.2 Å². The van der Waals surface area contributed by atoms with E-state index in [4.69, 9.17) is 4.74 Å². The smallest absolute Gasteiger partial charge is 0.191 e. The number of piperazine rings is 1. The summed E-state index contributed by atoms with van der Waals surface area (Å²) in [5.74, 6) is 1.48. The van der Waals surface area contributed by atoms with Crippen molar-refractivity contribution < 1.29 is 4.74 Å². The monoisotopic (exact) mass is 430 g/mol. The molecule has 0 spiro atoms. The van der Waals surface area contributed by atoms with Gasteiger partial charge < -0.3 is 20.3 Å². The molecule has 2 aliphatic heterocycles. The summed E-state index contributed by atoms with van der Waals surface area (Å²) >= 11 is 0. The summed E-state index contributed by atoms with van der Waals surface area (Å²) in [5, 5.41) is 7.12. The zero-order chi connectivity index (χ0) is 22.1. The zero-order valence-electron chi connectivity index (χ0n) is 19.9. The van der Waals surface area contributed by atoms with Gasteiger partial charge in [0.15, 0.2) is 5.96 Å². The molecule has 7 nitrogen and oxygen atoms in total. The first-order valence-corrected chi connectivity index (χ1v) is 11.8. The lowest BCUT2D eigenvalue weighted by Crippen LogP contribution is -2.55. The van der Waals surface area contributed by atoms with Crippen molar-refractivity contribution in [2.75, 3.05) is 73.1 Å². The van der Waals surface area contributed by atoms with E-state index in [2.05, 4.69) is 75.5 Å². The van der Waals surface area contributed by atoms with E-state index in [1.54, 1.807) is 0 Å². The third kappa shape index (κ3) is 7.45. The number of benzene rings is 1. The molecule has 1 atom stereocenters. The molecule has 1 unspecified atom stereocenters. The fraction of sp³-hybridized carbons (Fsp3) is 0.708. The van der Waals surface area contributed by atoms with Crippen LogP contribution in [-0.4, -0.2) is 99.8 Å². The molecule has 0 aliphatic carbocycles. The standard InChI is InChI=1S/C24H42N6O/c1-20(2)23(30-11-9-28(4)10-12-30)18-27-24(25-3)26-17-21-7-5-6-8-22(21)19-29-13-15-31-16-14-29/h5-8,20,23H,9-19H2,1-4H3,(H2,25,26,27). The van der Waals surface area contributed by atoms with E-state index in [-0.39, 0.29) is 0 Å². The van der Waals surface area contributed by atoms with Crippen LogP contribution in [0, 0.1) is 5.92 Å². The average Bonchev–Trinajstić information content (AvgIpc) is 2.78. The molecule has 2 fully saturated rings. The second kappa shape index (κ2) is 12.4. The van der Waals surface area contributed by atoms with Crippen molar-refractivity contribution in [1.29, 1.82) is 0 Å². The number of morpholine rings is 1. The van der Waals surface area contributed by atoms with E-state index in [1.165, 1.54) is 11.1 Å². The maximum Gasteiger partial charge on any atom is 0.191 e. The lowest BCUT2D eigenvalue weighted by atomic mass is 10.0. The van der Waals surface area contributed by atoms with Crippen molar-refractivity contribution in [3.8, 4) is 0 Å². The number of rotatable bonds is 8. The van der Waals surface area contributed by atoms with Crippen LogP contribution in [0.5, 0.6) is 0 Å². The number of guanidine groups is 1. The summed E-state index contributed by atoms with van der Waals surface area (Å²) in [6.45, 7) is 15.6. The van der Waals surface area contributed by atoms with E-state index in [0.29, 0.717) is 12.0 Å². The first-order valence-electron chi connectivity index (χ1n) is 11.8. The third-order valence-electron chi connectivity index (χ3n) is 6.54. The highest BCUT2D eigenvalue weighted by Gasteiger charge is 2.25. The summed E-state index contributed by atoms with van der Waals surface area (Å²) in [6, 6.07) is 9.23.